The third-order valence-electron chi connectivity index (χ3n) is 3.59. The summed E-state index contributed by atoms with van der Waals surface area (Å²) < 4.78 is 5.54. The Labute approximate surface area is 109 Å². The number of Topliss-reactive ketones (excluding diaryl/α,β-unsaturated/α-hetero) is 1. The van der Waals surface area contributed by atoms with E-state index < -0.39 is 0 Å². The second-order valence-corrected chi connectivity index (χ2v) is 4.75. The number of aromatic nitrogens is 1. The van der Waals surface area contributed by atoms with Crippen molar-refractivity contribution in [3.8, 4) is 0 Å². The topological polar surface area (TPSA) is 39.2 Å². The fourth-order valence-corrected chi connectivity index (χ4v) is 2.71. The van der Waals surface area contributed by atoms with Gasteiger partial charge < -0.3 is 4.74 Å². The van der Waals surface area contributed by atoms with Crippen LogP contribution in [-0.4, -0.2) is 23.5 Å². The van der Waals surface area contributed by atoms with Crippen LogP contribution in [0.15, 0.2) is 18.3 Å². The Hall–Kier alpha value is -1.22. The van der Waals surface area contributed by atoms with E-state index >= 15 is 0 Å². The van der Waals surface area contributed by atoms with Crippen LogP contribution >= 0.6 is 0 Å². The van der Waals surface area contributed by atoms with Gasteiger partial charge in [-0.05, 0) is 44.2 Å². The van der Waals surface area contributed by atoms with Gasteiger partial charge in [-0.1, -0.05) is 13.0 Å². The van der Waals surface area contributed by atoms with Gasteiger partial charge in [0.05, 0.1) is 11.6 Å². The lowest BCUT2D eigenvalue weighted by Gasteiger charge is -2.26. The maximum Gasteiger partial charge on any atom is 0.170 e. The maximum atomic E-state index is 12.5. The lowest BCUT2D eigenvalue weighted by molar-refractivity contribution is -0.132. The van der Waals surface area contributed by atoms with Gasteiger partial charge in [0.2, 0.25) is 0 Å². The van der Waals surface area contributed by atoms with E-state index in [0.717, 1.165) is 31.4 Å². The number of aryl methyl sites for hydroxylation is 1. The van der Waals surface area contributed by atoms with Gasteiger partial charge in [0, 0.05) is 12.8 Å². The van der Waals surface area contributed by atoms with Crippen LogP contribution in [-0.2, 0) is 16.0 Å². The Kier molecular flexibility index (Phi) is 4.48. The summed E-state index contributed by atoms with van der Waals surface area (Å²) in [5.74, 6) is 0.144. The van der Waals surface area contributed by atoms with Gasteiger partial charge in [-0.3, -0.25) is 9.78 Å². The summed E-state index contributed by atoms with van der Waals surface area (Å²) in [5, 5.41) is 0. The molecule has 0 amide bonds. The van der Waals surface area contributed by atoms with Gasteiger partial charge in [-0.2, -0.15) is 0 Å². The van der Waals surface area contributed by atoms with E-state index in [1.807, 2.05) is 19.9 Å². The fourth-order valence-electron chi connectivity index (χ4n) is 2.71. The van der Waals surface area contributed by atoms with Crippen LogP contribution in [0.1, 0.15) is 50.3 Å². The van der Waals surface area contributed by atoms with Gasteiger partial charge in [-0.25, -0.2) is 0 Å². The van der Waals surface area contributed by atoms with Crippen molar-refractivity contribution in [1.29, 1.82) is 0 Å². The molecule has 2 atom stereocenters. The highest BCUT2D eigenvalue weighted by molar-refractivity contribution is 5.89. The summed E-state index contributed by atoms with van der Waals surface area (Å²) >= 11 is 0. The van der Waals surface area contributed by atoms with Crippen molar-refractivity contribution in [2.24, 2.45) is 0 Å². The minimum Gasteiger partial charge on any atom is -0.371 e. The van der Waals surface area contributed by atoms with Crippen LogP contribution < -0.4 is 0 Å². The highest BCUT2D eigenvalue weighted by atomic mass is 16.5. The highest BCUT2D eigenvalue weighted by Crippen LogP contribution is 2.32. The molecule has 0 fully saturated rings. The number of nitrogens with zero attached hydrogens (tertiary/aromatic N) is 1. The maximum absolute atomic E-state index is 12.5. The molecular formula is C15H21NO2. The standard InChI is InChI=1S/C15H21NO2/c1-3-13(18-4-2)15(17)12-9-5-7-11-8-6-10-16-14(11)12/h6,8,10,12-13H,3-5,7,9H2,1-2H3. The summed E-state index contributed by atoms with van der Waals surface area (Å²) in [6.45, 7) is 4.52. The largest absolute Gasteiger partial charge is 0.371 e. The van der Waals surface area contributed by atoms with E-state index in [9.17, 15) is 4.79 Å². The zero-order valence-corrected chi connectivity index (χ0v) is 11.2. The molecule has 0 spiro atoms. The fraction of sp³-hybridized carbons (Fsp3) is 0.600. The number of pyridine rings is 1. The summed E-state index contributed by atoms with van der Waals surface area (Å²) in [6, 6.07) is 4.04. The molecule has 18 heavy (non-hydrogen) atoms. The molecular weight excluding hydrogens is 226 g/mol. The normalized spacial score (nSPS) is 20.2. The average Bonchev–Trinajstić information content (AvgIpc) is 2.43. The minimum atomic E-state index is -0.270. The Morgan fingerprint density at radius 2 is 2.39 bits per heavy atom. The number of hydrogen-bond donors (Lipinski definition) is 0. The summed E-state index contributed by atoms with van der Waals surface area (Å²) in [6.07, 6.45) is 5.27. The number of carbonyl (C=O) groups is 1. The Morgan fingerprint density at radius 3 is 3.11 bits per heavy atom. The summed E-state index contributed by atoms with van der Waals surface area (Å²) in [4.78, 5) is 16.9. The van der Waals surface area contributed by atoms with Crippen LogP contribution in [0.4, 0.5) is 0 Å². The van der Waals surface area contributed by atoms with E-state index in [1.165, 1.54) is 5.56 Å². The molecule has 1 aliphatic rings. The minimum absolute atomic E-state index is 0.0635. The first-order valence-corrected chi connectivity index (χ1v) is 6.87. The predicted octanol–water partition coefficient (Wildman–Crippen LogP) is 2.89. The molecule has 0 saturated heterocycles. The molecule has 98 valence electrons. The van der Waals surface area contributed by atoms with Crippen molar-refractivity contribution < 1.29 is 9.53 Å². The number of ether oxygens (including phenoxy) is 1. The second-order valence-electron chi connectivity index (χ2n) is 4.75. The third kappa shape index (κ3) is 2.61. The van der Waals surface area contributed by atoms with Crippen molar-refractivity contribution >= 4 is 5.78 Å². The molecule has 0 bridgehead atoms. The van der Waals surface area contributed by atoms with Crippen LogP contribution in [0.2, 0.25) is 0 Å². The van der Waals surface area contributed by atoms with Crippen LogP contribution in [0.3, 0.4) is 0 Å². The summed E-state index contributed by atoms with van der Waals surface area (Å²) in [7, 11) is 0. The van der Waals surface area contributed by atoms with E-state index in [1.54, 1.807) is 6.20 Å². The molecule has 1 heterocycles. The van der Waals surface area contributed by atoms with Crippen molar-refractivity contribution in [2.75, 3.05) is 6.61 Å². The molecule has 1 aliphatic carbocycles. The molecule has 2 rings (SSSR count). The Balaban J connectivity index is 2.21. The quantitative estimate of drug-likeness (QED) is 0.803. The molecule has 0 N–H and O–H groups in total. The van der Waals surface area contributed by atoms with Gasteiger partial charge >= 0.3 is 0 Å². The first-order valence-electron chi connectivity index (χ1n) is 6.87. The van der Waals surface area contributed by atoms with Gasteiger partial charge in [-0.15, -0.1) is 0 Å². The zero-order valence-electron chi connectivity index (χ0n) is 11.2. The lowest BCUT2D eigenvalue weighted by atomic mass is 9.82. The van der Waals surface area contributed by atoms with E-state index in [4.69, 9.17) is 4.74 Å². The first-order chi connectivity index (χ1) is 8.77. The number of rotatable bonds is 5. The van der Waals surface area contributed by atoms with Crippen molar-refractivity contribution in [3.63, 3.8) is 0 Å². The molecule has 3 nitrogen and oxygen atoms in total. The van der Waals surface area contributed by atoms with Gasteiger partial charge in [0.25, 0.3) is 0 Å². The van der Waals surface area contributed by atoms with Gasteiger partial charge in [0.1, 0.15) is 6.10 Å². The molecule has 0 aliphatic heterocycles. The SMILES string of the molecule is CCOC(CC)C(=O)C1CCCc2cccnc21. The van der Waals surface area contributed by atoms with Crippen LogP contribution in [0.25, 0.3) is 0 Å². The monoisotopic (exact) mass is 247 g/mol. The number of hydrogen-bond acceptors (Lipinski definition) is 3. The van der Waals surface area contributed by atoms with Crippen molar-refractivity contribution in [1.82, 2.24) is 4.98 Å². The Bertz CT molecular complexity index is 417. The van der Waals surface area contributed by atoms with Crippen LogP contribution in [0, 0.1) is 0 Å². The van der Waals surface area contributed by atoms with Crippen LogP contribution in [0.5, 0.6) is 0 Å². The highest BCUT2D eigenvalue weighted by Gasteiger charge is 2.31. The molecule has 3 heteroatoms. The third-order valence-corrected chi connectivity index (χ3v) is 3.59. The molecule has 0 aromatic carbocycles. The zero-order chi connectivity index (χ0) is 13.0. The number of carbonyl (C=O) groups excluding carboxylic acids is 1. The molecule has 1 aromatic rings. The smallest absolute Gasteiger partial charge is 0.170 e. The molecule has 2 unspecified atom stereocenters. The Morgan fingerprint density at radius 1 is 1.56 bits per heavy atom. The first kappa shape index (κ1) is 13.2. The number of ketones is 1. The van der Waals surface area contributed by atoms with Crippen molar-refractivity contribution in [2.45, 2.75) is 51.6 Å². The van der Waals surface area contributed by atoms with Gasteiger partial charge in [0.15, 0.2) is 5.78 Å². The second kappa shape index (κ2) is 6.10. The number of fused-ring (bicyclic) bond motifs is 1. The van der Waals surface area contributed by atoms with E-state index in [0.29, 0.717) is 6.61 Å². The van der Waals surface area contributed by atoms with E-state index in [-0.39, 0.29) is 17.8 Å². The predicted molar refractivity (Wildman–Crippen MR) is 70.6 cm³/mol. The average molecular weight is 247 g/mol. The van der Waals surface area contributed by atoms with E-state index in [2.05, 4.69) is 11.1 Å². The molecule has 0 saturated carbocycles. The lowest BCUT2D eigenvalue weighted by Crippen LogP contribution is -2.31. The molecule has 0 radical (unpaired) electrons. The summed E-state index contributed by atoms with van der Waals surface area (Å²) in [5.41, 5.74) is 2.21. The molecule has 1 aromatic heterocycles. The van der Waals surface area contributed by atoms with Crippen molar-refractivity contribution in [3.05, 3.63) is 29.6 Å².